The molecule has 1 aromatic rings. The molecule has 1 saturated heterocycles. The molecule has 1 heterocycles. The van der Waals surface area contributed by atoms with E-state index < -0.39 is 11.9 Å². The van der Waals surface area contributed by atoms with Gasteiger partial charge in [0.25, 0.3) is 5.91 Å². The van der Waals surface area contributed by atoms with E-state index in [1.807, 2.05) is 19.9 Å². The van der Waals surface area contributed by atoms with Crippen LogP contribution in [0.15, 0.2) is 18.2 Å². The Bertz CT molecular complexity index is 607. The Balaban J connectivity index is 1.90. The Morgan fingerprint density at radius 1 is 1.22 bits per heavy atom. The zero-order valence-corrected chi connectivity index (χ0v) is 13.5. The number of nitrogens with zero attached hydrogens (tertiary/aromatic N) is 1. The molecule has 0 bridgehead atoms. The molecule has 124 valence electrons. The maximum atomic E-state index is 12.2. The second kappa shape index (κ2) is 7.26. The summed E-state index contributed by atoms with van der Waals surface area (Å²) in [7, 11) is 0. The van der Waals surface area contributed by atoms with E-state index in [-0.39, 0.29) is 24.9 Å². The molecular formula is C17H22N2O4. The molecule has 23 heavy (non-hydrogen) atoms. The standard InChI is InChI=1S/C17H22N2O4/c1-11-6-12(2)8-14(7-11)16(21)18-9-15(20)19-5-3-4-13(10-19)17(22)23/h6-8,13H,3-5,9-10H2,1-2H3,(H,18,21)(H,22,23). The van der Waals surface area contributed by atoms with Crippen LogP contribution in [0.1, 0.15) is 34.3 Å². The SMILES string of the molecule is Cc1cc(C)cc(C(=O)NCC(=O)N2CCCC(C(=O)O)C2)c1. The molecule has 2 rings (SSSR count). The van der Waals surface area contributed by atoms with Crippen LogP contribution in [0.5, 0.6) is 0 Å². The summed E-state index contributed by atoms with van der Waals surface area (Å²) in [5, 5.41) is 11.7. The maximum absolute atomic E-state index is 12.2. The molecule has 1 aromatic carbocycles. The molecule has 2 amide bonds. The Morgan fingerprint density at radius 3 is 2.48 bits per heavy atom. The summed E-state index contributed by atoms with van der Waals surface area (Å²) in [4.78, 5) is 36.8. The fourth-order valence-corrected chi connectivity index (χ4v) is 2.88. The van der Waals surface area contributed by atoms with Crippen LogP contribution >= 0.6 is 0 Å². The largest absolute Gasteiger partial charge is 0.481 e. The number of aliphatic carboxylic acids is 1. The lowest BCUT2D eigenvalue weighted by Crippen LogP contribution is -2.46. The van der Waals surface area contributed by atoms with E-state index in [9.17, 15) is 14.4 Å². The molecule has 0 spiro atoms. The molecule has 0 aromatic heterocycles. The van der Waals surface area contributed by atoms with Crippen LogP contribution in [0.3, 0.4) is 0 Å². The Morgan fingerprint density at radius 2 is 1.87 bits per heavy atom. The number of carbonyl (C=O) groups is 3. The molecule has 1 aliphatic heterocycles. The molecular weight excluding hydrogens is 296 g/mol. The third kappa shape index (κ3) is 4.55. The molecule has 2 N–H and O–H groups in total. The van der Waals surface area contributed by atoms with Crippen LogP contribution in [-0.4, -0.2) is 47.4 Å². The molecule has 6 heteroatoms. The Labute approximate surface area is 135 Å². The highest BCUT2D eigenvalue weighted by atomic mass is 16.4. The number of hydrogen-bond acceptors (Lipinski definition) is 3. The van der Waals surface area contributed by atoms with Crippen LogP contribution in [0.2, 0.25) is 0 Å². The first-order valence-corrected chi connectivity index (χ1v) is 7.74. The average molecular weight is 318 g/mol. The second-order valence-corrected chi connectivity index (χ2v) is 6.08. The summed E-state index contributed by atoms with van der Waals surface area (Å²) >= 11 is 0. The number of piperidine rings is 1. The number of aryl methyl sites for hydroxylation is 2. The average Bonchev–Trinajstić information content (AvgIpc) is 2.51. The van der Waals surface area contributed by atoms with E-state index in [1.165, 1.54) is 4.90 Å². The number of carbonyl (C=O) groups excluding carboxylic acids is 2. The van der Waals surface area contributed by atoms with Crippen LogP contribution in [0.25, 0.3) is 0 Å². The van der Waals surface area contributed by atoms with E-state index >= 15 is 0 Å². The van der Waals surface area contributed by atoms with Gasteiger partial charge in [0.15, 0.2) is 0 Å². The van der Waals surface area contributed by atoms with E-state index in [1.54, 1.807) is 12.1 Å². The number of benzene rings is 1. The first-order chi connectivity index (χ1) is 10.9. The monoisotopic (exact) mass is 318 g/mol. The van der Waals surface area contributed by atoms with Gasteiger partial charge in [-0.15, -0.1) is 0 Å². The summed E-state index contributed by atoms with van der Waals surface area (Å²) in [6.07, 6.45) is 1.27. The Kier molecular flexibility index (Phi) is 5.36. The molecule has 1 atom stereocenters. The zero-order chi connectivity index (χ0) is 17.0. The van der Waals surface area contributed by atoms with Crippen LogP contribution in [-0.2, 0) is 9.59 Å². The van der Waals surface area contributed by atoms with Crippen molar-refractivity contribution in [1.82, 2.24) is 10.2 Å². The fraction of sp³-hybridized carbons (Fsp3) is 0.471. The molecule has 6 nitrogen and oxygen atoms in total. The first kappa shape index (κ1) is 17.0. The number of amides is 2. The third-order valence-corrected chi connectivity index (χ3v) is 4.01. The molecule has 0 aliphatic carbocycles. The van der Waals surface area contributed by atoms with Crippen molar-refractivity contribution < 1.29 is 19.5 Å². The predicted molar refractivity (Wildman–Crippen MR) is 85.2 cm³/mol. The van der Waals surface area contributed by atoms with Gasteiger partial charge in [0, 0.05) is 18.7 Å². The van der Waals surface area contributed by atoms with Gasteiger partial charge in [-0.25, -0.2) is 0 Å². The van der Waals surface area contributed by atoms with Crippen LogP contribution in [0, 0.1) is 19.8 Å². The summed E-state index contributed by atoms with van der Waals surface area (Å²) in [6, 6.07) is 5.52. The van der Waals surface area contributed by atoms with Crippen LogP contribution in [0.4, 0.5) is 0 Å². The number of likely N-dealkylation sites (tertiary alicyclic amines) is 1. The predicted octanol–water partition coefficient (Wildman–Crippen LogP) is 1.36. The summed E-state index contributed by atoms with van der Waals surface area (Å²) < 4.78 is 0. The van der Waals surface area contributed by atoms with Gasteiger partial charge in [0.2, 0.25) is 5.91 Å². The number of nitrogens with one attached hydrogen (secondary N) is 1. The van der Waals surface area contributed by atoms with Crippen molar-refractivity contribution in [2.24, 2.45) is 5.92 Å². The lowest BCUT2D eigenvalue weighted by atomic mass is 9.98. The van der Waals surface area contributed by atoms with E-state index in [4.69, 9.17) is 5.11 Å². The topological polar surface area (TPSA) is 86.7 Å². The van der Waals surface area contributed by atoms with Gasteiger partial charge in [0.05, 0.1) is 12.5 Å². The number of rotatable bonds is 4. The lowest BCUT2D eigenvalue weighted by molar-refractivity contribution is -0.145. The van der Waals surface area contributed by atoms with Crippen molar-refractivity contribution in [3.8, 4) is 0 Å². The fourth-order valence-electron chi connectivity index (χ4n) is 2.88. The Hall–Kier alpha value is -2.37. The second-order valence-electron chi connectivity index (χ2n) is 6.08. The van der Waals surface area contributed by atoms with E-state index in [0.29, 0.717) is 24.9 Å². The molecule has 0 saturated carbocycles. The van der Waals surface area contributed by atoms with Crippen LogP contribution < -0.4 is 5.32 Å². The van der Waals surface area contributed by atoms with Crippen molar-refractivity contribution in [1.29, 1.82) is 0 Å². The minimum atomic E-state index is -0.873. The minimum absolute atomic E-state index is 0.113. The van der Waals surface area contributed by atoms with Crippen molar-refractivity contribution in [2.45, 2.75) is 26.7 Å². The highest BCUT2D eigenvalue weighted by Gasteiger charge is 2.28. The summed E-state index contributed by atoms with van der Waals surface area (Å²) in [5.41, 5.74) is 2.50. The molecule has 1 unspecified atom stereocenters. The van der Waals surface area contributed by atoms with Gasteiger partial charge in [-0.2, -0.15) is 0 Å². The van der Waals surface area contributed by atoms with Gasteiger partial charge < -0.3 is 15.3 Å². The van der Waals surface area contributed by atoms with Gasteiger partial charge in [-0.05, 0) is 38.8 Å². The summed E-state index contributed by atoms with van der Waals surface area (Å²) in [6.45, 7) is 4.47. The molecule has 1 fully saturated rings. The zero-order valence-electron chi connectivity index (χ0n) is 13.5. The number of carboxylic acids is 1. The number of carboxylic acid groups (broad SMARTS) is 1. The highest BCUT2D eigenvalue weighted by Crippen LogP contribution is 2.16. The maximum Gasteiger partial charge on any atom is 0.308 e. The first-order valence-electron chi connectivity index (χ1n) is 7.74. The molecule has 1 aliphatic rings. The van der Waals surface area contributed by atoms with E-state index in [0.717, 1.165) is 11.1 Å². The van der Waals surface area contributed by atoms with Gasteiger partial charge in [-0.1, -0.05) is 17.2 Å². The lowest BCUT2D eigenvalue weighted by Gasteiger charge is -2.30. The minimum Gasteiger partial charge on any atom is -0.481 e. The number of hydrogen-bond donors (Lipinski definition) is 2. The smallest absolute Gasteiger partial charge is 0.308 e. The van der Waals surface area contributed by atoms with Crippen molar-refractivity contribution in [3.63, 3.8) is 0 Å². The third-order valence-electron chi connectivity index (χ3n) is 4.01. The van der Waals surface area contributed by atoms with Crippen molar-refractivity contribution in [2.75, 3.05) is 19.6 Å². The van der Waals surface area contributed by atoms with E-state index in [2.05, 4.69) is 5.32 Å². The molecule has 0 radical (unpaired) electrons. The van der Waals surface area contributed by atoms with Crippen molar-refractivity contribution in [3.05, 3.63) is 34.9 Å². The summed E-state index contributed by atoms with van der Waals surface area (Å²) in [5.74, 6) is -1.92. The quantitative estimate of drug-likeness (QED) is 0.877. The van der Waals surface area contributed by atoms with Gasteiger partial charge in [0.1, 0.15) is 0 Å². The van der Waals surface area contributed by atoms with Crippen molar-refractivity contribution >= 4 is 17.8 Å². The highest BCUT2D eigenvalue weighted by molar-refractivity contribution is 5.96. The van der Waals surface area contributed by atoms with Gasteiger partial charge in [-0.3, -0.25) is 14.4 Å². The van der Waals surface area contributed by atoms with Gasteiger partial charge >= 0.3 is 5.97 Å². The normalized spacial score (nSPS) is 17.7.